The molecule has 0 saturated heterocycles. The first-order chi connectivity index (χ1) is 6.66. The molecule has 1 N–H and O–H groups in total. The normalized spacial score (nSPS) is 17.9. The number of hydrogen-bond donors (Lipinski definition) is 1. The van der Waals surface area contributed by atoms with E-state index in [2.05, 4.69) is 12.2 Å². The van der Waals surface area contributed by atoms with Crippen LogP contribution in [0.1, 0.15) is 19.8 Å². The van der Waals surface area contributed by atoms with Crippen molar-refractivity contribution in [1.82, 2.24) is 0 Å². The first-order valence-corrected chi connectivity index (χ1v) is 5.26. The van der Waals surface area contributed by atoms with Crippen molar-refractivity contribution in [2.24, 2.45) is 5.92 Å². The molecule has 1 aliphatic carbocycles. The lowest BCUT2D eigenvalue weighted by atomic mass is 10.2. The van der Waals surface area contributed by atoms with Crippen LogP contribution in [0, 0.1) is 11.7 Å². The van der Waals surface area contributed by atoms with Crippen molar-refractivity contribution in [3.63, 3.8) is 0 Å². The maximum Gasteiger partial charge on any atom is 0.125 e. The third-order valence-corrected chi connectivity index (χ3v) is 2.97. The molecule has 0 amide bonds. The predicted octanol–water partition coefficient (Wildman–Crippen LogP) is 3.69. The van der Waals surface area contributed by atoms with Gasteiger partial charge in [0.2, 0.25) is 0 Å². The summed E-state index contributed by atoms with van der Waals surface area (Å²) in [4.78, 5) is 0. The van der Waals surface area contributed by atoms with Gasteiger partial charge in [0.1, 0.15) is 5.82 Å². The monoisotopic (exact) mass is 213 g/mol. The van der Waals surface area contributed by atoms with Crippen LogP contribution in [-0.2, 0) is 0 Å². The van der Waals surface area contributed by atoms with Gasteiger partial charge in [-0.15, -0.1) is 0 Å². The van der Waals surface area contributed by atoms with Gasteiger partial charge in [-0.2, -0.15) is 0 Å². The summed E-state index contributed by atoms with van der Waals surface area (Å²) in [6.45, 7) is 2.11. The molecule has 1 aromatic carbocycles. The molecule has 76 valence electrons. The van der Waals surface area contributed by atoms with Crippen molar-refractivity contribution in [1.29, 1.82) is 0 Å². The number of halogens is 2. The van der Waals surface area contributed by atoms with Crippen molar-refractivity contribution in [2.45, 2.75) is 25.8 Å². The molecule has 3 heteroatoms. The van der Waals surface area contributed by atoms with Gasteiger partial charge < -0.3 is 5.32 Å². The van der Waals surface area contributed by atoms with E-state index in [0.717, 1.165) is 5.92 Å². The summed E-state index contributed by atoms with van der Waals surface area (Å²) >= 11 is 5.94. The Hall–Kier alpha value is -0.760. The summed E-state index contributed by atoms with van der Waals surface area (Å²) in [6.07, 6.45) is 2.53. The van der Waals surface area contributed by atoms with Gasteiger partial charge in [-0.3, -0.25) is 0 Å². The lowest BCUT2D eigenvalue weighted by Gasteiger charge is -2.15. The van der Waals surface area contributed by atoms with Gasteiger partial charge in [0.25, 0.3) is 0 Å². The van der Waals surface area contributed by atoms with Gasteiger partial charge in [0.05, 0.1) is 10.7 Å². The van der Waals surface area contributed by atoms with Crippen LogP contribution in [0.15, 0.2) is 18.2 Å². The van der Waals surface area contributed by atoms with Crippen LogP contribution >= 0.6 is 11.6 Å². The molecule has 0 spiro atoms. The topological polar surface area (TPSA) is 12.0 Å². The predicted molar refractivity (Wildman–Crippen MR) is 57.2 cm³/mol. The summed E-state index contributed by atoms with van der Waals surface area (Å²) in [5, 5.41) is 3.82. The molecule has 0 radical (unpaired) electrons. The fraction of sp³-hybridized carbons (Fsp3) is 0.455. The molecule has 1 aliphatic rings. The molecule has 2 rings (SSSR count). The van der Waals surface area contributed by atoms with E-state index in [1.54, 1.807) is 6.07 Å². The molecule has 0 heterocycles. The highest BCUT2D eigenvalue weighted by Crippen LogP contribution is 2.35. The Kier molecular flexibility index (Phi) is 2.64. The van der Waals surface area contributed by atoms with Gasteiger partial charge in [-0.05, 0) is 43.9 Å². The van der Waals surface area contributed by atoms with E-state index in [0.29, 0.717) is 16.8 Å². The van der Waals surface area contributed by atoms with Gasteiger partial charge >= 0.3 is 0 Å². The minimum absolute atomic E-state index is 0.250. The Bertz CT molecular complexity index is 336. The molecule has 0 aromatic heterocycles. The number of benzene rings is 1. The summed E-state index contributed by atoms with van der Waals surface area (Å²) in [5.74, 6) is 0.481. The SMILES string of the molecule is CC(Nc1cc(F)ccc1Cl)C1CC1. The lowest BCUT2D eigenvalue weighted by Crippen LogP contribution is -2.17. The lowest BCUT2D eigenvalue weighted by molar-refractivity contribution is 0.626. The Morgan fingerprint density at radius 2 is 2.21 bits per heavy atom. The molecule has 1 unspecified atom stereocenters. The zero-order valence-electron chi connectivity index (χ0n) is 8.06. The van der Waals surface area contributed by atoms with Crippen molar-refractivity contribution in [3.05, 3.63) is 29.0 Å². The Morgan fingerprint density at radius 1 is 1.50 bits per heavy atom. The first kappa shape index (κ1) is 9.78. The summed E-state index contributed by atoms with van der Waals surface area (Å²) in [7, 11) is 0. The van der Waals surface area contributed by atoms with Gasteiger partial charge in [-0.25, -0.2) is 4.39 Å². The molecular formula is C11H13ClFN. The third kappa shape index (κ3) is 2.18. The van der Waals surface area contributed by atoms with E-state index in [9.17, 15) is 4.39 Å². The molecule has 1 atom stereocenters. The van der Waals surface area contributed by atoms with Crippen LogP contribution in [0.25, 0.3) is 0 Å². The van der Waals surface area contributed by atoms with E-state index >= 15 is 0 Å². The fourth-order valence-electron chi connectivity index (χ4n) is 1.57. The standard InChI is InChI=1S/C11H13ClFN/c1-7(8-2-3-8)14-11-6-9(13)4-5-10(11)12/h4-8,14H,2-3H2,1H3. The Balaban J connectivity index is 2.10. The van der Waals surface area contributed by atoms with Crippen molar-refractivity contribution in [2.75, 3.05) is 5.32 Å². The molecular weight excluding hydrogens is 201 g/mol. The maximum absolute atomic E-state index is 12.9. The molecule has 0 aliphatic heterocycles. The number of hydrogen-bond acceptors (Lipinski definition) is 1. The minimum atomic E-state index is -0.250. The van der Waals surface area contributed by atoms with E-state index < -0.39 is 0 Å². The van der Waals surface area contributed by atoms with Crippen LogP contribution in [0.5, 0.6) is 0 Å². The van der Waals surface area contributed by atoms with Crippen LogP contribution in [0.4, 0.5) is 10.1 Å². The van der Waals surface area contributed by atoms with E-state index in [-0.39, 0.29) is 5.82 Å². The van der Waals surface area contributed by atoms with Crippen molar-refractivity contribution in [3.8, 4) is 0 Å². The van der Waals surface area contributed by atoms with Crippen LogP contribution in [-0.4, -0.2) is 6.04 Å². The van der Waals surface area contributed by atoms with Crippen molar-refractivity contribution < 1.29 is 4.39 Å². The van der Waals surface area contributed by atoms with Crippen LogP contribution in [0.2, 0.25) is 5.02 Å². The second kappa shape index (κ2) is 3.77. The summed E-state index contributed by atoms with van der Waals surface area (Å²) in [5.41, 5.74) is 0.700. The first-order valence-electron chi connectivity index (χ1n) is 4.88. The number of rotatable bonds is 3. The highest BCUT2D eigenvalue weighted by molar-refractivity contribution is 6.33. The van der Waals surface area contributed by atoms with Crippen LogP contribution in [0.3, 0.4) is 0 Å². The highest BCUT2D eigenvalue weighted by atomic mass is 35.5. The third-order valence-electron chi connectivity index (χ3n) is 2.64. The maximum atomic E-state index is 12.9. The van der Waals surface area contributed by atoms with Gasteiger partial charge in [0.15, 0.2) is 0 Å². The molecule has 1 fully saturated rings. The second-order valence-corrected chi connectivity index (χ2v) is 4.30. The molecule has 14 heavy (non-hydrogen) atoms. The zero-order chi connectivity index (χ0) is 10.1. The highest BCUT2D eigenvalue weighted by Gasteiger charge is 2.28. The molecule has 1 aromatic rings. The zero-order valence-corrected chi connectivity index (χ0v) is 8.81. The summed E-state index contributed by atoms with van der Waals surface area (Å²) < 4.78 is 12.9. The average molecular weight is 214 g/mol. The van der Waals surface area contributed by atoms with Crippen molar-refractivity contribution >= 4 is 17.3 Å². The average Bonchev–Trinajstić information content (AvgIpc) is 2.94. The molecule has 0 bridgehead atoms. The largest absolute Gasteiger partial charge is 0.381 e. The van der Waals surface area contributed by atoms with Crippen LogP contribution < -0.4 is 5.32 Å². The summed E-state index contributed by atoms with van der Waals surface area (Å²) in [6, 6.07) is 4.78. The molecule has 1 nitrogen and oxygen atoms in total. The number of nitrogens with one attached hydrogen (secondary N) is 1. The van der Waals surface area contributed by atoms with Gasteiger partial charge in [-0.1, -0.05) is 11.6 Å². The smallest absolute Gasteiger partial charge is 0.125 e. The minimum Gasteiger partial charge on any atom is -0.381 e. The Labute approximate surface area is 88.3 Å². The Morgan fingerprint density at radius 3 is 2.86 bits per heavy atom. The quantitative estimate of drug-likeness (QED) is 0.808. The second-order valence-electron chi connectivity index (χ2n) is 3.89. The number of anilines is 1. The van der Waals surface area contributed by atoms with E-state index in [4.69, 9.17) is 11.6 Å². The molecule has 1 saturated carbocycles. The van der Waals surface area contributed by atoms with E-state index in [1.807, 2.05) is 0 Å². The van der Waals surface area contributed by atoms with E-state index in [1.165, 1.54) is 25.0 Å². The fourth-order valence-corrected chi connectivity index (χ4v) is 1.74. The van der Waals surface area contributed by atoms with Gasteiger partial charge in [0, 0.05) is 6.04 Å².